The first-order valence-electron chi connectivity index (χ1n) is 7.05. The third-order valence-corrected chi connectivity index (χ3v) is 3.23. The lowest BCUT2D eigenvalue weighted by Gasteiger charge is -2.11. The average molecular weight is 274 g/mol. The van der Waals surface area contributed by atoms with E-state index in [4.69, 9.17) is 5.73 Å². The quantitative estimate of drug-likeness (QED) is 0.473. The zero-order valence-corrected chi connectivity index (χ0v) is 12.1. The van der Waals surface area contributed by atoms with Gasteiger partial charge in [-0.2, -0.15) is 0 Å². The molecular formula is C14H22N6. The molecule has 20 heavy (non-hydrogen) atoms. The van der Waals surface area contributed by atoms with Gasteiger partial charge in [-0.3, -0.25) is 9.39 Å². The van der Waals surface area contributed by atoms with Gasteiger partial charge in [0.25, 0.3) is 0 Å². The maximum Gasteiger partial charge on any atom is 0.188 e. The molecule has 0 fully saturated rings. The van der Waals surface area contributed by atoms with Crippen molar-refractivity contribution in [1.82, 2.24) is 19.9 Å². The number of nitrogens with one attached hydrogen (secondary N) is 1. The number of aliphatic imine (C=N–C) groups is 1. The summed E-state index contributed by atoms with van der Waals surface area (Å²) in [4.78, 5) is 4.32. The van der Waals surface area contributed by atoms with Crippen LogP contribution in [-0.4, -0.2) is 33.1 Å². The van der Waals surface area contributed by atoms with Crippen LogP contribution in [0.4, 0.5) is 0 Å². The van der Waals surface area contributed by atoms with E-state index in [0.717, 1.165) is 30.7 Å². The van der Waals surface area contributed by atoms with Crippen molar-refractivity contribution < 1.29 is 0 Å². The minimum Gasteiger partial charge on any atom is -0.370 e. The van der Waals surface area contributed by atoms with Crippen molar-refractivity contribution in [2.24, 2.45) is 10.7 Å². The molecule has 1 unspecified atom stereocenters. The highest BCUT2D eigenvalue weighted by Crippen LogP contribution is 2.05. The van der Waals surface area contributed by atoms with E-state index in [1.807, 2.05) is 28.8 Å². The fourth-order valence-corrected chi connectivity index (χ4v) is 1.90. The summed E-state index contributed by atoms with van der Waals surface area (Å²) in [5.41, 5.74) is 6.68. The van der Waals surface area contributed by atoms with Crippen molar-refractivity contribution in [3.63, 3.8) is 0 Å². The Labute approximate surface area is 119 Å². The highest BCUT2D eigenvalue weighted by Gasteiger charge is 2.03. The lowest BCUT2D eigenvalue weighted by Crippen LogP contribution is -2.38. The summed E-state index contributed by atoms with van der Waals surface area (Å²) >= 11 is 0. The minimum atomic E-state index is 0.360. The topological polar surface area (TPSA) is 80.6 Å². The lowest BCUT2D eigenvalue weighted by molar-refractivity contribution is 0.635. The molecule has 0 saturated heterocycles. The molecule has 0 spiro atoms. The number of aromatic nitrogens is 3. The van der Waals surface area contributed by atoms with Crippen molar-refractivity contribution in [1.29, 1.82) is 0 Å². The molecule has 2 heterocycles. The SMILES string of the molecule is CCC(C)NC(N)=NCCCc1nnc2ccccn12. The van der Waals surface area contributed by atoms with Gasteiger partial charge in [0, 0.05) is 25.2 Å². The Balaban J connectivity index is 1.83. The van der Waals surface area contributed by atoms with Crippen LogP contribution in [-0.2, 0) is 6.42 Å². The van der Waals surface area contributed by atoms with Gasteiger partial charge in [-0.25, -0.2) is 0 Å². The Hall–Kier alpha value is -2.11. The maximum absolute atomic E-state index is 5.81. The van der Waals surface area contributed by atoms with E-state index in [9.17, 15) is 0 Å². The molecule has 3 N–H and O–H groups in total. The van der Waals surface area contributed by atoms with Crippen molar-refractivity contribution >= 4 is 11.6 Å². The van der Waals surface area contributed by atoms with Crippen LogP contribution in [0.5, 0.6) is 0 Å². The number of fused-ring (bicyclic) bond motifs is 1. The number of nitrogens with zero attached hydrogens (tertiary/aromatic N) is 4. The highest BCUT2D eigenvalue weighted by molar-refractivity contribution is 5.78. The zero-order valence-electron chi connectivity index (χ0n) is 12.1. The van der Waals surface area contributed by atoms with Crippen molar-refractivity contribution in [3.8, 4) is 0 Å². The fourth-order valence-electron chi connectivity index (χ4n) is 1.90. The van der Waals surface area contributed by atoms with Crippen LogP contribution in [0.2, 0.25) is 0 Å². The van der Waals surface area contributed by atoms with Crippen LogP contribution in [0.1, 0.15) is 32.5 Å². The first kappa shape index (κ1) is 14.3. The number of guanidine groups is 1. The third-order valence-electron chi connectivity index (χ3n) is 3.23. The van der Waals surface area contributed by atoms with E-state index in [1.54, 1.807) is 0 Å². The molecule has 6 nitrogen and oxygen atoms in total. The second-order valence-corrected chi connectivity index (χ2v) is 4.87. The van der Waals surface area contributed by atoms with Crippen LogP contribution in [0.15, 0.2) is 29.4 Å². The second-order valence-electron chi connectivity index (χ2n) is 4.87. The molecule has 0 aliphatic heterocycles. The van der Waals surface area contributed by atoms with Crippen LogP contribution >= 0.6 is 0 Å². The molecule has 0 saturated carbocycles. The van der Waals surface area contributed by atoms with Crippen LogP contribution < -0.4 is 11.1 Å². The third kappa shape index (κ3) is 3.69. The van der Waals surface area contributed by atoms with Crippen molar-refractivity contribution in [3.05, 3.63) is 30.2 Å². The summed E-state index contributed by atoms with van der Waals surface area (Å²) in [7, 11) is 0. The Kier molecular flexibility index (Phi) is 4.92. The summed E-state index contributed by atoms with van der Waals surface area (Å²) < 4.78 is 2.00. The first-order valence-corrected chi connectivity index (χ1v) is 7.05. The molecule has 108 valence electrons. The normalized spacial score (nSPS) is 13.6. The summed E-state index contributed by atoms with van der Waals surface area (Å²) in [6.07, 6.45) is 4.75. The Morgan fingerprint density at radius 1 is 1.45 bits per heavy atom. The van der Waals surface area contributed by atoms with E-state index >= 15 is 0 Å². The molecular weight excluding hydrogens is 252 g/mol. The number of aryl methyl sites for hydroxylation is 1. The molecule has 0 aromatic carbocycles. The molecule has 0 radical (unpaired) electrons. The average Bonchev–Trinajstić information content (AvgIpc) is 2.87. The predicted octanol–water partition coefficient (Wildman–Crippen LogP) is 1.36. The maximum atomic E-state index is 5.81. The van der Waals surface area contributed by atoms with Gasteiger partial charge < -0.3 is 11.1 Å². The van der Waals surface area contributed by atoms with Crippen molar-refractivity contribution in [2.45, 2.75) is 39.2 Å². The summed E-state index contributed by atoms with van der Waals surface area (Å²) in [5, 5.41) is 11.5. The van der Waals surface area contributed by atoms with E-state index in [2.05, 4.69) is 34.4 Å². The molecule has 0 aliphatic carbocycles. The van der Waals surface area contributed by atoms with E-state index in [-0.39, 0.29) is 0 Å². The summed E-state index contributed by atoms with van der Waals surface area (Å²) in [6.45, 7) is 4.89. The predicted molar refractivity (Wildman–Crippen MR) is 80.7 cm³/mol. The fraction of sp³-hybridized carbons (Fsp3) is 0.500. The molecule has 1 atom stereocenters. The molecule has 2 aromatic heterocycles. The molecule has 0 aliphatic rings. The minimum absolute atomic E-state index is 0.360. The number of hydrogen-bond acceptors (Lipinski definition) is 3. The highest BCUT2D eigenvalue weighted by atomic mass is 15.2. The first-order chi connectivity index (χ1) is 9.70. The zero-order chi connectivity index (χ0) is 14.4. The van der Waals surface area contributed by atoms with Gasteiger partial charge in [0.1, 0.15) is 5.82 Å². The molecule has 0 amide bonds. The van der Waals surface area contributed by atoms with E-state index < -0.39 is 0 Å². The van der Waals surface area contributed by atoms with Crippen molar-refractivity contribution in [2.75, 3.05) is 6.54 Å². The Morgan fingerprint density at radius 3 is 3.10 bits per heavy atom. The van der Waals surface area contributed by atoms with Gasteiger partial charge >= 0.3 is 0 Å². The smallest absolute Gasteiger partial charge is 0.188 e. The summed E-state index contributed by atoms with van der Waals surface area (Å²) in [6, 6.07) is 6.24. The monoisotopic (exact) mass is 274 g/mol. The Morgan fingerprint density at radius 2 is 2.30 bits per heavy atom. The number of pyridine rings is 1. The largest absolute Gasteiger partial charge is 0.370 e. The van der Waals surface area contributed by atoms with Gasteiger partial charge in [0.15, 0.2) is 11.6 Å². The van der Waals surface area contributed by atoms with Crippen LogP contribution in [0, 0.1) is 0 Å². The van der Waals surface area contributed by atoms with Gasteiger partial charge in [-0.15, -0.1) is 10.2 Å². The Bertz CT molecular complexity index is 574. The lowest BCUT2D eigenvalue weighted by atomic mass is 10.3. The van der Waals surface area contributed by atoms with Crippen LogP contribution in [0.25, 0.3) is 5.65 Å². The number of rotatable bonds is 6. The molecule has 6 heteroatoms. The van der Waals surface area contributed by atoms with Gasteiger partial charge in [0.05, 0.1) is 0 Å². The summed E-state index contributed by atoms with van der Waals surface area (Å²) in [5.74, 6) is 1.48. The van der Waals surface area contributed by atoms with E-state index in [0.29, 0.717) is 18.5 Å². The number of nitrogens with two attached hydrogens (primary N) is 1. The standard InChI is InChI=1S/C14H22N6/c1-3-11(2)17-14(15)16-9-6-8-13-19-18-12-7-4-5-10-20(12)13/h4-5,7,10-11H,3,6,8-9H2,1-2H3,(H3,15,16,17). The molecule has 0 bridgehead atoms. The molecule has 2 aromatic rings. The van der Waals surface area contributed by atoms with Gasteiger partial charge in [-0.1, -0.05) is 13.0 Å². The van der Waals surface area contributed by atoms with Gasteiger partial charge in [-0.05, 0) is 31.9 Å². The second kappa shape index (κ2) is 6.88. The van der Waals surface area contributed by atoms with Gasteiger partial charge in [0.2, 0.25) is 0 Å². The number of hydrogen-bond donors (Lipinski definition) is 2. The van der Waals surface area contributed by atoms with Crippen LogP contribution in [0.3, 0.4) is 0 Å². The van der Waals surface area contributed by atoms with E-state index in [1.165, 1.54) is 0 Å². The molecule has 2 rings (SSSR count).